The molecule has 1 aromatic carbocycles. The third kappa shape index (κ3) is 3.41. The third-order valence-corrected chi connectivity index (χ3v) is 3.95. The van der Waals surface area contributed by atoms with Crippen molar-refractivity contribution < 1.29 is 9.47 Å². The van der Waals surface area contributed by atoms with Gasteiger partial charge < -0.3 is 9.47 Å². The lowest BCUT2D eigenvalue weighted by molar-refractivity contribution is 0.146. The molecular formula is C15H21BrO2. The van der Waals surface area contributed by atoms with Crippen molar-refractivity contribution in [1.29, 1.82) is 0 Å². The van der Waals surface area contributed by atoms with Gasteiger partial charge in [0, 0.05) is 10.9 Å². The number of hydrogen-bond donors (Lipinski definition) is 0. The lowest BCUT2D eigenvalue weighted by Gasteiger charge is -2.25. The van der Waals surface area contributed by atoms with Crippen molar-refractivity contribution in [2.75, 3.05) is 6.61 Å². The lowest BCUT2D eigenvalue weighted by atomic mass is 9.97. The van der Waals surface area contributed by atoms with Crippen molar-refractivity contribution in [1.82, 2.24) is 0 Å². The van der Waals surface area contributed by atoms with Crippen molar-refractivity contribution in [2.24, 2.45) is 0 Å². The highest BCUT2D eigenvalue weighted by molar-refractivity contribution is 9.08. The minimum Gasteiger partial charge on any atom is -0.490 e. The summed E-state index contributed by atoms with van der Waals surface area (Å²) in [7, 11) is 0. The monoisotopic (exact) mass is 312 g/mol. The summed E-state index contributed by atoms with van der Waals surface area (Å²) >= 11 is 3.52. The number of para-hydroxylation sites is 1. The first kappa shape index (κ1) is 13.7. The molecule has 0 saturated heterocycles. The molecule has 1 saturated carbocycles. The predicted molar refractivity (Wildman–Crippen MR) is 77.7 cm³/mol. The van der Waals surface area contributed by atoms with Gasteiger partial charge in [-0.25, -0.2) is 0 Å². The second-order valence-electron chi connectivity index (χ2n) is 4.69. The predicted octanol–water partition coefficient (Wildman–Crippen LogP) is 4.69. The van der Waals surface area contributed by atoms with Gasteiger partial charge in [0.1, 0.15) is 0 Å². The summed E-state index contributed by atoms with van der Waals surface area (Å²) in [6, 6.07) is 6.11. The second kappa shape index (κ2) is 7.03. The molecule has 2 nitrogen and oxygen atoms in total. The fourth-order valence-electron chi connectivity index (χ4n) is 2.42. The van der Waals surface area contributed by atoms with Crippen LogP contribution in [0.4, 0.5) is 0 Å². The Labute approximate surface area is 118 Å². The summed E-state index contributed by atoms with van der Waals surface area (Å²) in [5.74, 6) is 1.81. The van der Waals surface area contributed by atoms with Crippen LogP contribution in [0.25, 0.3) is 0 Å². The number of ether oxygens (including phenoxy) is 2. The molecule has 0 spiro atoms. The average Bonchev–Trinajstić information content (AvgIpc) is 2.42. The summed E-state index contributed by atoms with van der Waals surface area (Å²) in [4.78, 5) is 0. The van der Waals surface area contributed by atoms with E-state index >= 15 is 0 Å². The van der Waals surface area contributed by atoms with E-state index in [0.29, 0.717) is 12.7 Å². The van der Waals surface area contributed by atoms with Crippen LogP contribution in [-0.2, 0) is 5.33 Å². The summed E-state index contributed by atoms with van der Waals surface area (Å²) in [6.07, 6.45) is 6.61. The van der Waals surface area contributed by atoms with E-state index < -0.39 is 0 Å². The van der Waals surface area contributed by atoms with E-state index in [1.807, 2.05) is 19.1 Å². The molecule has 0 amide bonds. The van der Waals surface area contributed by atoms with Crippen LogP contribution in [0, 0.1) is 0 Å². The Hall–Kier alpha value is -0.700. The zero-order valence-electron chi connectivity index (χ0n) is 11.0. The first-order chi connectivity index (χ1) is 8.85. The Balaban J connectivity index is 2.16. The minimum absolute atomic E-state index is 0.359. The van der Waals surface area contributed by atoms with Gasteiger partial charge >= 0.3 is 0 Å². The fourth-order valence-corrected chi connectivity index (χ4v) is 2.86. The van der Waals surface area contributed by atoms with E-state index in [1.165, 1.54) is 37.7 Å². The van der Waals surface area contributed by atoms with E-state index in [9.17, 15) is 0 Å². The van der Waals surface area contributed by atoms with E-state index in [4.69, 9.17) is 9.47 Å². The molecule has 0 bridgehead atoms. The highest BCUT2D eigenvalue weighted by Crippen LogP contribution is 2.35. The van der Waals surface area contributed by atoms with Crippen LogP contribution in [0.2, 0.25) is 0 Å². The Bertz CT molecular complexity index is 373. The minimum atomic E-state index is 0.359. The highest BCUT2D eigenvalue weighted by Gasteiger charge is 2.19. The lowest BCUT2D eigenvalue weighted by Crippen LogP contribution is -2.20. The molecule has 1 aliphatic rings. The Morgan fingerprint density at radius 1 is 1.22 bits per heavy atom. The van der Waals surface area contributed by atoms with Gasteiger partial charge in [-0.3, -0.25) is 0 Å². The second-order valence-corrected chi connectivity index (χ2v) is 5.25. The molecular weight excluding hydrogens is 292 g/mol. The van der Waals surface area contributed by atoms with Gasteiger partial charge in [0.2, 0.25) is 0 Å². The Kier molecular flexibility index (Phi) is 5.36. The SMILES string of the molecule is CCOc1cccc(CBr)c1OC1CCCCC1. The van der Waals surface area contributed by atoms with Crippen LogP contribution >= 0.6 is 15.9 Å². The molecule has 0 aromatic heterocycles. The van der Waals surface area contributed by atoms with Gasteiger partial charge in [0.15, 0.2) is 11.5 Å². The molecule has 0 unspecified atom stereocenters. The average molecular weight is 313 g/mol. The molecule has 100 valence electrons. The molecule has 0 aliphatic heterocycles. The van der Waals surface area contributed by atoms with Crippen molar-refractivity contribution in [3.8, 4) is 11.5 Å². The first-order valence-electron chi connectivity index (χ1n) is 6.82. The van der Waals surface area contributed by atoms with Gasteiger partial charge in [-0.1, -0.05) is 34.5 Å². The van der Waals surface area contributed by atoms with E-state index in [1.54, 1.807) is 0 Å². The zero-order chi connectivity index (χ0) is 12.8. The summed E-state index contributed by atoms with van der Waals surface area (Å²) in [5, 5.41) is 0.802. The largest absolute Gasteiger partial charge is 0.490 e. The number of hydrogen-bond acceptors (Lipinski definition) is 2. The van der Waals surface area contributed by atoms with Crippen LogP contribution < -0.4 is 9.47 Å². The maximum Gasteiger partial charge on any atom is 0.165 e. The van der Waals surface area contributed by atoms with Gasteiger partial charge in [0.05, 0.1) is 12.7 Å². The summed E-state index contributed by atoms with van der Waals surface area (Å²) in [5.41, 5.74) is 1.17. The van der Waals surface area contributed by atoms with Gasteiger partial charge in [-0.05, 0) is 38.7 Å². The van der Waals surface area contributed by atoms with E-state index in [0.717, 1.165) is 16.8 Å². The van der Waals surface area contributed by atoms with Crippen LogP contribution in [0.1, 0.15) is 44.6 Å². The topological polar surface area (TPSA) is 18.5 Å². The van der Waals surface area contributed by atoms with Crippen LogP contribution in [0.3, 0.4) is 0 Å². The van der Waals surface area contributed by atoms with E-state index in [2.05, 4.69) is 22.0 Å². The molecule has 1 aliphatic carbocycles. The summed E-state index contributed by atoms with van der Waals surface area (Å²) < 4.78 is 11.9. The Morgan fingerprint density at radius 2 is 2.00 bits per heavy atom. The summed E-state index contributed by atoms with van der Waals surface area (Å²) in [6.45, 7) is 2.68. The van der Waals surface area contributed by atoms with E-state index in [-0.39, 0.29) is 0 Å². The van der Waals surface area contributed by atoms with Crippen molar-refractivity contribution in [3.63, 3.8) is 0 Å². The quantitative estimate of drug-likeness (QED) is 0.734. The zero-order valence-corrected chi connectivity index (χ0v) is 12.5. The standard InChI is InChI=1S/C15H21BrO2/c1-2-17-14-10-6-7-12(11-16)15(14)18-13-8-4-3-5-9-13/h6-7,10,13H,2-5,8-9,11H2,1H3. The first-order valence-corrected chi connectivity index (χ1v) is 7.94. The Morgan fingerprint density at radius 3 is 2.67 bits per heavy atom. The third-order valence-electron chi connectivity index (χ3n) is 3.34. The fraction of sp³-hybridized carbons (Fsp3) is 0.600. The number of rotatable bonds is 5. The molecule has 0 atom stereocenters. The molecule has 1 fully saturated rings. The van der Waals surface area contributed by atoms with Crippen LogP contribution in [0.5, 0.6) is 11.5 Å². The van der Waals surface area contributed by atoms with Crippen molar-refractivity contribution in [3.05, 3.63) is 23.8 Å². The van der Waals surface area contributed by atoms with Crippen molar-refractivity contribution in [2.45, 2.75) is 50.5 Å². The van der Waals surface area contributed by atoms with Gasteiger partial charge in [-0.15, -0.1) is 0 Å². The molecule has 2 rings (SSSR count). The van der Waals surface area contributed by atoms with Crippen LogP contribution in [0.15, 0.2) is 18.2 Å². The van der Waals surface area contributed by atoms with Crippen LogP contribution in [-0.4, -0.2) is 12.7 Å². The number of halogens is 1. The normalized spacial score (nSPS) is 16.6. The molecule has 0 N–H and O–H groups in total. The maximum atomic E-state index is 6.21. The highest BCUT2D eigenvalue weighted by atomic mass is 79.9. The van der Waals surface area contributed by atoms with Gasteiger partial charge in [-0.2, -0.15) is 0 Å². The smallest absolute Gasteiger partial charge is 0.165 e. The molecule has 18 heavy (non-hydrogen) atoms. The number of alkyl halides is 1. The molecule has 1 aromatic rings. The molecule has 3 heteroatoms. The number of benzene rings is 1. The molecule has 0 heterocycles. The van der Waals surface area contributed by atoms with Crippen molar-refractivity contribution >= 4 is 15.9 Å². The molecule has 0 radical (unpaired) electrons. The van der Waals surface area contributed by atoms with Gasteiger partial charge in [0.25, 0.3) is 0 Å². The maximum absolute atomic E-state index is 6.21.